The summed E-state index contributed by atoms with van der Waals surface area (Å²) in [5.74, 6) is 0.884. The molecule has 0 N–H and O–H groups in total. The molecule has 3 fully saturated rings. The average Bonchev–Trinajstić information content (AvgIpc) is 2.25. The molecule has 2 bridgehead atoms. The van der Waals surface area contributed by atoms with Crippen LogP contribution in [0.5, 0.6) is 0 Å². The van der Waals surface area contributed by atoms with Crippen LogP contribution in [0.15, 0.2) is 0 Å². The lowest BCUT2D eigenvalue weighted by Crippen LogP contribution is -2.58. The number of ether oxygens (including phenoxy) is 1. The maximum atomic E-state index is 12.0. The van der Waals surface area contributed by atoms with Gasteiger partial charge in [-0.15, -0.1) is 0 Å². The fourth-order valence-electron chi connectivity index (χ4n) is 2.94. The second-order valence-corrected chi connectivity index (χ2v) is 8.44. The maximum absolute atomic E-state index is 12.0. The molecular formula is C13H23NO5S. The van der Waals surface area contributed by atoms with Crippen LogP contribution in [-0.2, 0) is 19.0 Å². The van der Waals surface area contributed by atoms with Crippen LogP contribution in [-0.4, -0.2) is 51.0 Å². The highest BCUT2D eigenvalue weighted by atomic mass is 32.2. The zero-order valence-electron chi connectivity index (χ0n) is 12.5. The molecule has 2 heterocycles. The summed E-state index contributed by atoms with van der Waals surface area (Å²) in [5.41, 5.74) is -0.489. The van der Waals surface area contributed by atoms with Crippen molar-refractivity contribution in [1.82, 2.24) is 4.90 Å². The average molecular weight is 305 g/mol. The predicted octanol–water partition coefficient (Wildman–Crippen LogP) is 1.47. The van der Waals surface area contributed by atoms with Crippen LogP contribution in [0.4, 0.5) is 4.79 Å². The Balaban J connectivity index is 1.85. The van der Waals surface area contributed by atoms with Gasteiger partial charge < -0.3 is 9.64 Å². The first-order valence-electron chi connectivity index (χ1n) is 6.87. The maximum Gasteiger partial charge on any atom is 0.410 e. The third-order valence-corrected chi connectivity index (χ3v) is 4.42. The summed E-state index contributed by atoms with van der Waals surface area (Å²) in [6.07, 6.45) is 1.82. The fraction of sp³-hybridized carbons (Fsp3) is 0.923. The van der Waals surface area contributed by atoms with Crippen molar-refractivity contribution >= 4 is 16.2 Å². The first kappa shape index (κ1) is 15.6. The van der Waals surface area contributed by atoms with E-state index >= 15 is 0 Å². The largest absolute Gasteiger partial charge is 0.444 e. The molecule has 116 valence electrons. The molecule has 2 atom stereocenters. The summed E-state index contributed by atoms with van der Waals surface area (Å²) in [6.45, 7) is 7.03. The molecular weight excluding hydrogens is 282 g/mol. The lowest BCUT2D eigenvalue weighted by molar-refractivity contribution is -0.0675. The van der Waals surface area contributed by atoms with Crippen LogP contribution in [0.25, 0.3) is 0 Å². The van der Waals surface area contributed by atoms with Crippen molar-refractivity contribution in [2.45, 2.75) is 32.8 Å². The Morgan fingerprint density at radius 3 is 2.25 bits per heavy atom. The van der Waals surface area contributed by atoms with Crippen molar-refractivity contribution in [2.75, 3.05) is 26.0 Å². The molecule has 0 spiro atoms. The number of hydrogen-bond donors (Lipinski definition) is 0. The first-order valence-corrected chi connectivity index (χ1v) is 8.69. The Hall–Kier alpha value is -0.820. The lowest BCUT2D eigenvalue weighted by Gasteiger charge is -2.53. The van der Waals surface area contributed by atoms with Crippen LogP contribution < -0.4 is 0 Å². The van der Waals surface area contributed by atoms with Crippen molar-refractivity contribution in [3.05, 3.63) is 0 Å². The number of hydrogen-bond acceptors (Lipinski definition) is 5. The molecule has 2 aliphatic heterocycles. The highest BCUT2D eigenvalue weighted by Crippen LogP contribution is 2.45. The zero-order valence-corrected chi connectivity index (χ0v) is 13.3. The van der Waals surface area contributed by atoms with Crippen LogP contribution in [0.3, 0.4) is 0 Å². The molecule has 0 aromatic heterocycles. The summed E-state index contributed by atoms with van der Waals surface area (Å²) >= 11 is 0. The SMILES string of the molecule is CC(C)(C)OC(=O)N1CC2CC(C1)C2COS(C)(=O)=O. The van der Waals surface area contributed by atoms with Crippen LogP contribution >= 0.6 is 0 Å². The molecule has 2 saturated heterocycles. The molecule has 1 saturated carbocycles. The summed E-state index contributed by atoms with van der Waals surface area (Å²) in [6, 6.07) is 0. The third-order valence-electron chi connectivity index (χ3n) is 3.85. The van der Waals surface area contributed by atoms with Gasteiger partial charge in [0.25, 0.3) is 10.1 Å². The zero-order chi connectivity index (χ0) is 15.1. The van der Waals surface area contributed by atoms with Gasteiger partial charge in [0.2, 0.25) is 0 Å². The van der Waals surface area contributed by atoms with E-state index in [1.165, 1.54) is 0 Å². The quantitative estimate of drug-likeness (QED) is 0.738. The van der Waals surface area contributed by atoms with Gasteiger partial charge in [0.15, 0.2) is 0 Å². The molecule has 0 aromatic carbocycles. The van der Waals surface area contributed by atoms with Crippen LogP contribution in [0, 0.1) is 17.8 Å². The summed E-state index contributed by atoms with van der Waals surface area (Å²) in [5, 5.41) is 0. The lowest BCUT2D eigenvalue weighted by atomic mass is 9.62. The normalized spacial score (nSPS) is 29.8. The number of rotatable bonds is 3. The van der Waals surface area contributed by atoms with Gasteiger partial charge in [-0.3, -0.25) is 4.18 Å². The van der Waals surface area contributed by atoms with Crippen molar-refractivity contribution in [2.24, 2.45) is 17.8 Å². The van der Waals surface area contributed by atoms with E-state index in [1.54, 1.807) is 4.90 Å². The predicted molar refractivity (Wildman–Crippen MR) is 73.7 cm³/mol. The topological polar surface area (TPSA) is 72.9 Å². The number of fused-ring (bicyclic) bond motifs is 2. The van der Waals surface area contributed by atoms with Crippen molar-refractivity contribution < 1.29 is 22.1 Å². The highest BCUT2D eigenvalue weighted by molar-refractivity contribution is 7.85. The fourth-order valence-corrected chi connectivity index (χ4v) is 3.34. The Morgan fingerprint density at radius 2 is 1.80 bits per heavy atom. The first-order chi connectivity index (χ1) is 9.05. The Morgan fingerprint density at radius 1 is 1.25 bits per heavy atom. The third kappa shape index (κ3) is 3.85. The van der Waals surface area contributed by atoms with Gasteiger partial charge in [-0.1, -0.05) is 0 Å². The smallest absolute Gasteiger partial charge is 0.410 e. The molecule has 1 aliphatic carbocycles. The molecule has 2 unspecified atom stereocenters. The second-order valence-electron chi connectivity index (χ2n) is 6.79. The van der Waals surface area contributed by atoms with Gasteiger partial charge in [0.05, 0.1) is 12.9 Å². The van der Waals surface area contributed by atoms with Crippen molar-refractivity contribution in [3.63, 3.8) is 0 Å². The van der Waals surface area contributed by atoms with Gasteiger partial charge in [0.1, 0.15) is 5.60 Å². The Labute approximate surface area is 120 Å². The summed E-state index contributed by atoms with van der Waals surface area (Å²) < 4.78 is 32.3. The molecule has 7 heteroatoms. The molecule has 0 aromatic rings. The van der Waals surface area contributed by atoms with Crippen LogP contribution in [0.2, 0.25) is 0 Å². The Bertz CT molecular complexity index is 469. The van der Waals surface area contributed by atoms with Crippen molar-refractivity contribution in [3.8, 4) is 0 Å². The minimum absolute atomic E-state index is 0.232. The molecule has 0 radical (unpaired) electrons. The highest BCUT2D eigenvalue weighted by Gasteiger charge is 2.48. The number of nitrogens with zero attached hydrogens (tertiary/aromatic N) is 1. The monoisotopic (exact) mass is 305 g/mol. The standard InChI is InChI=1S/C13H23NO5S/c1-13(2,3)19-12(15)14-6-9-5-10(7-14)11(9)8-18-20(4,16)17/h9-11H,5-8H2,1-4H3. The molecule has 3 aliphatic rings. The summed E-state index contributed by atoms with van der Waals surface area (Å²) in [4.78, 5) is 13.7. The second kappa shape index (κ2) is 5.18. The van der Waals surface area contributed by atoms with E-state index in [0.717, 1.165) is 12.7 Å². The van der Waals surface area contributed by atoms with E-state index in [9.17, 15) is 13.2 Å². The number of amides is 1. The van der Waals surface area contributed by atoms with E-state index < -0.39 is 15.7 Å². The number of carbonyl (C=O) groups excluding carboxylic acids is 1. The van der Waals surface area contributed by atoms with E-state index in [0.29, 0.717) is 24.9 Å². The molecule has 20 heavy (non-hydrogen) atoms. The van der Waals surface area contributed by atoms with E-state index in [4.69, 9.17) is 8.92 Å². The van der Waals surface area contributed by atoms with E-state index in [-0.39, 0.29) is 18.6 Å². The summed E-state index contributed by atoms with van der Waals surface area (Å²) in [7, 11) is -3.39. The van der Waals surface area contributed by atoms with Gasteiger partial charge in [-0.2, -0.15) is 8.42 Å². The molecule has 1 amide bonds. The van der Waals surface area contributed by atoms with Crippen LogP contribution in [0.1, 0.15) is 27.2 Å². The van der Waals surface area contributed by atoms with Gasteiger partial charge >= 0.3 is 6.09 Å². The Kier molecular flexibility index (Phi) is 4.03. The van der Waals surface area contributed by atoms with Gasteiger partial charge in [-0.25, -0.2) is 4.79 Å². The van der Waals surface area contributed by atoms with E-state index in [2.05, 4.69) is 0 Å². The minimum Gasteiger partial charge on any atom is -0.444 e. The van der Waals surface area contributed by atoms with Gasteiger partial charge in [-0.05, 0) is 44.9 Å². The van der Waals surface area contributed by atoms with Gasteiger partial charge in [0, 0.05) is 13.1 Å². The molecule has 6 nitrogen and oxygen atoms in total. The molecule has 3 rings (SSSR count). The minimum atomic E-state index is -3.39. The number of carbonyl (C=O) groups is 1. The van der Waals surface area contributed by atoms with Crippen molar-refractivity contribution in [1.29, 1.82) is 0 Å². The van der Waals surface area contributed by atoms with E-state index in [1.807, 2.05) is 20.8 Å². The number of piperidine rings is 2.